The van der Waals surface area contributed by atoms with E-state index in [0.29, 0.717) is 23.9 Å². The molecular weight excluding hydrogens is 983 g/mol. The first kappa shape index (κ1) is 73.9. The summed E-state index contributed by atoms with van der Waals surface area (Å²) in [6.45, 7) is 4.54. The van der Waals surface area contributed by atoms with Crippen LogP contribution in [0.2, 0.25) is 0 Å². The van der Waals surface area contributed by atoms with Gasteiger partial charge in [-0.3, -0.25) is 9.59 Å². The van der Waals surface area contributed by atoms with Gasteiger partial charge in [0.1, 0.15) is 13.2 Å². The smallest absolute Gasteiger partial charge is 0.306 e. The number of rotatable bonds is 54. The minimum Gasteiger partial charge on any atom is -0.545 e. The number of carbonyl (C=O) groups is 3. The van der Waals surface area contributed by atoms with Gasteiger partial charge >= 0.3 is 11.9 Å². The van der Waals surface area contributed by atoms with Crippen LogP contribution in [0.5, 0.6) is 0 Å². The molecule has 0 spiro atoms. The van der Waals surface area contributed by atoms with Crippen molar-refractivity contribution in [1.82, 2.24) is 0 Å². The maximum atomic E-state index is 12.8. The normalized spacial score (nSPS) is 13.9. The van der Waals surface area contributed by atoms with Crippen LogP contribution in [0.1, 0.15) is 206 Å². The largest absolute Gasteiger partial charge is 0.545 e. The fourth-order valence-electron chi connectivity index (χ4n) is 7.57. The molecule has 0 bridgehead atoms. The Morgan fingerprint density at radius 3 is 1.11 bits per heavy atom. The Morgan fingerprint density at radius 1 is 0.392 bits per heavy atom. The highest BCUT2D eigenvalue weighted by molar-refractivity contribution is 5.70. The Kier molecular flexibility index (Phi) is 55.2. The Hall–Kier alpha value is -5.09. The van der Waals surface area contributed by atoms with Crippen LogP contribution >= 0.6 is 0 Å². The molecule has 444 valence electrons. The van der Waals surface area contributed by atoms with Gasteiger partial charge in [0.05, 0.1) is 40.3 Å². The highest BCUT2D eigenvalue weighted by Gasteiger charge is 2.22. The number of nitrogens with zero attached hydrogens (tertiary/aromatic N) is 1. The van der Waals surface area contributed by atoms with Gasteiger partial charge in [0, 0.05) is 12.8 Å². The first-order valence-corrected chi connectivity index (χ1v) is 30.6. The summed E-state index contributed by atoms with van der Waals surface area (Å²) in [5.41, 5.74) is 0. The molecule has 0 fully saturated rings. The van der Waals surface area contributed by atoms with Crippen molar-refractivity contribution in [3.63, 3.8) is 0 Å². The predicted octanol–water partition coefficient (Wildman–Crippen LogP) is 17.2. The van der Waals surface area contributed by atoms with Crippen molar-refractivity contribution in [3.8, 4) is 0 Å². The lowest BCUT2D eigenvalue weighted by atomic mass is 10.1. The fraction of sp³-hybridized carbons (Fsp3) is 0.586. The van der Waals surface area contributed by atoms with Crippen molar-refractivity contribution in [1.29, 1.82) is 0 Å². The average molecular weight is 1090 g/mol. The van der Waals surface area contributed by atoms with Crippen LogP contribution in [0.15, 0.2) is 158 Å². The molecule has 0 aromatic carbocycles. The Labute approximate surface area is 483 Å². The van der Waals surface area contributed by atoms with Gasteiger partial charge in [-0.25, -0.2) is 0 Å². The van der Waals surface area contributed by atoms with Gasteiger partial charge in [0.2, 0.25) is 0 Å². The summed E-state index contributed by atoms with van der Waals surface area (Å²) >= 11 is 0. The van der Waals surface area contributed by atoms with Crippen LogP contribution in [0.3, 0.4) is 0 Å². The molecule has 0 aliphatic rings. The molecule has 9 heteroatoms. The molecule has 0 aromatic rings. The minimum atomic E-state index is -1.64. The van der Waals surface area contributed by atoms with Gasteiger partial charge < -0.3 is 33.3 Å². The van der Waals surface area contributed by atoms with Crippen molar-refractivity contribution < 1.29 is 42.9 Å². The van der Waals surface area contributed by atoms with Crippen molar-refractivity contribution in [3.05, 3.63) is 158 Å². The number of esters is 2. The standard InChI is InChI=1S/C70H111NO8/c1-6-8-10-12-14-16-18-20-22-23-24-25-26-27-28-29-30-31-32-33-34-35-36-37-38-39-40-41-42-43-44-45-47-49-51-53-55-57-59-61-68(73)79-66(65-78-70(69(74)75)76-63-62-71(3,4)5)64-77-67(72)60-58-56-54-52-50-48-46-21-19-17-15-13-11-9-7-2/h8,10,14,16,20-22,24-25,27-28,30-31,33-34,36-37,39-40,42-43,45-47,51,53,66,70H,6-7,9,11-13,15,17-19,23,26,29,32,35,38,41,44,48-50,52,54-65H2,1-5H3/b10-8-,16-14-,22-20-,25-24-,28-27-,31-30-,34-33-,37-36-,40-39-,43-42-,46-21-,47-45-,53-51-. The van der Waals surface area contributed by atoms with Crippen molar-refractivity contribution in [2.45, 2.75) is 219 Å². The van der Waals surface area contributed by atoms with Crippen molar-refractivity contribution in [2.75, 3.05) is 47.5 Å². The molecular formula is C70H111NO8. The highest BCUT2D eigenvalue weighted by Crippen LogP contribution is 2.12. The summed E-state index contributed by atoms with van der Waals surface area (Å²) in [6, 6.07) is 0. The van der Waals surface area contributed by atoms with E-state index in [-0.39, 0.29) is 38.6 Å². The van der Waals surface area contributed by atoms with E-state index in [2.05, 4.69) is 172 Å². The van der Waals surface area contributed by atoms with E-state index in [4.69, 9.17) is 18.9 Å². The summed E-state index contributed by atoms with van der Waals surface area (Å²) in [4.78, 5) is 37.2. The van der Waals surface area contributed by atoms with Gasteiger partial charge in [-0.2, -0.15) is 0 Å². The number of quaternary nitrogens is 1. The Balaban J connectivity index is 4.31. The fourth-order valence-corrected chi connectivity index (χ4v) is 7.57. The maximum Gasteiger partial charge on any atom is 0.306 e. The number of hydrogen-bond acceptors (Lipinski definition) is 8. The highest BCUT2D eigenvalue weighted by atomic mass is 16.7. The van der Waals surface area contributed by atoms with E-state index < -0.39 is 24.3 Å². The number of allylic oxidation sites excluding steroid dienone is 26. The third-order valence-corrected chi connectivity index (χ3v) is 12.3. The number of unbranched alkanes of at least 4 members (excludes halogenated alkanes) is 13. The molecule has 9 nitrogen and oxygen atoms in total. The monoisotopic (exact) mass is 1090 g/mol. The number of carboxylic acid groups (broad SMARTS) is 1. The van der Waals surface area contributed by atoms with Crippen LogP contribution in [0.25, 0.3) is 0 Å². The second kappa shape index (κ2) is 59.0. The molecule has 0 heterocycles. The lowest BCUT2D eigenvalue weighted by Gasteiger charge is -2.26. The quantitative estimate of drug-likeness (QED) is 0.0195. The third kappa shape index (κ3) is 60.4. The van der Waals surface area contributed by atoms with Gasteiger partial charge in [0.25, 0.3) is 0 Å². The number of ether oxygens (including phenoxy) is 4. The van der Waals surface area contributed by atoms with E-state index in [1.807, 2.05) is 21.1 Å². The molecule has 0 radical (unpaired) electrons. The zero-order valence-electron chi connectivity index (χ0n) is 50.4. The van der Waals surface area contributed by atoms with E-state index in [1.54, 1.807) is 0 Å². The second-order valence-corrected chi connectivity index (χ2v) is 20.9. The molecule has 2 atom stereocenters. The molecule has 2 unspecified atom stereocenters. The molecule has 0 N–H and O–H groups in total. The maximum absolute atomic E-state index is 12.8. The lowest BCUT2D eigenvalue weighted by molar-refractivity contribution is -0.870. The van der Waals surface area contributed by atoms with Crippen LogP contribution in [0.4, 0.5) is 0 Å². The van der Waals surface area contributed by atoms with Crippen LogP contribution in [0, 0.1) is 0 Å². The molecule has 0 aromatic heterocycles. The lowest BCUT2D eigenvalue weighted by Crippen LogP contribution is -2.44. The van der Waals surface area contributed by atoms with E-state index in [0.717, 1.165) is 122 Å². The van der Waals surface area contributed by atoms with Crippen LogP contribution < -0.4 is 5.11 Å². The summed E-state index contributed by atoms with van der Waals surface area (Å²) < 4.78 is 22.6. The van der Waals surface area contributed by atoms with Gasteiger partial charge in [-0.15, -0.1) is 0 Å². The third-order valence-electron chi connectivity index (χ3n) is 12.3. The minimum absolute atomic E-state index is 0.129. The van der Waals surface area contributed by atoms with Crippen LogP contribution in [-0.2, 0) is 33.3 Å². The van der Waals surface area contributed by atoms with E-state index >= 15 is 0 Å². The first-order valence-electron chi connectivity index (χ1n) is 30.6. The Morgan fingerprint density at radius 2 is 0.722 bits per heavy atom. The SMILES string of the molecule is CC/C=C\C/C=C\C/C=C\C/C=C\C/C=C\C/C=C\C/C=C\C/C=C\C/C=C\C/C=C\C/C=C\C/C=C\CCCCC(=O)OC(COC(=O)CCCCCCC/C=C\CCCCCCCC)COC(OCC[N+](C)(C)C)C(=O)[O-]. The summed E-state index contributed by atoms with van der Waals surface area (Å²) in [5, 5.41) is 11.8. The summed E-state index contributed by atoms with van der Waals surface area (Å²) in [5.74, 6) is -2.37. The van der Waals surface area contributed by atoms with Crippen LogP contribution in [-0.4, -0.2) is 82.3 Å². The summed E-state index contributed by atoms with van der Waals surface area (Å²) in [7, 11) is 5.89. The van der Waals surface area contributed by atoms with E-state index in [9.17, 15) is 19.5 Å². The molecule has 0 aliphatic carbocycles. The Bertz CT molecular complexity index is 1850. The molecule has 0 rings (SSSR count). The molecule has 0 amide bonds. The van der Waals surface area contributed by atoms with Gasteiger partial charge in [-0.1, -0.05) is 223 Å². The first-order chi connectivity index (χ1) is 38.6. The number of likely N-dealkylation sites (N-methyl/N-ethyl adjacent to an activating group) is 1. The van der Waals surface area contributed by atoms with Gasteiger partial charge in [0.15, 0.2) is 12.4 Å². The van der Waals surface area contributed by atoms with Gasteiger partial charge in [-0.05, 0) is 128 Å². The zero-order valence-corrected chi connectivity index (χ0v) is 50.4. The number of carbonyl (C=O) groups excluding carboxylic acids is 3. The topological polar surface area (TPSA) is 111 Å². The molecule has 0 saturated heterocycles. The molecule has 79 heavy (non-hydrogen) atoms. The molecule has 0 aliphatic heterocycles. The summed E-state index contributed by atoms with van der Waals surface area (Å²) in [6.07, 6.45) is 84.5. The van der Waals surface area contributed by atoms with Crippen molar-refractivity contribution >= 4 is 17.9 Å². The number of aliphatic carboxylic acids is 1. The predicted molar refractivity (Wildman–Crippen MR) is 333 cm³/mol. The second-order valence-electron chi connectivity index (χ2n) is 20.9. The number of carboxylic acids is 1. The van der Waals surface area contributed by atoms with Crippen molar-refractivity contribution in [2.24, 2.45) is 0 Å². The van der Waals surface area contributed by atoms with E-state index in [1.165, 1.54) is 44.9 Å². The number of hydrogen-bond donors (Lipinski definition) is 0. The zero-order chi connectivity index (χ0) is 57.6. The average Bonchev–Trinajstić information content (AvgIpc) is 3.42. The molecule has 0 saturated carbocycles.